The number of methoxy groups -OCH3 is 1. The summed E-state index contributed by atoms with van der Waals surface area (Å²) in [5.41, 5.74) is 0.833. The van der Waals surface area contributed by atoms with Crippen molar-refractivity contribution < 1.29 is 23.5 Å². The largest absolute Gasteiger partial charge is 0.497 e. The number of hydrogen-bond acceptors (Lipinski definition) is 5. The molecule has 0 heterocycles. The molecule has 0 saturated carbocycles. The van der Waals surface area contributed by atoms with Crippen molar-refractivity contribution in [1.82, 2.24) is 0 Å². The second-order valence-corrected chi connectivity index (χ2v) is 5.31. The quantitative estimate of drug-likeness (QED) is 0.762. The molecule has 17 heavy (non-hydrogen) atoms. The summed E-state index contributed by atoms with van der Waals surface area (Å²) in [5, 5.41) is 8.94. The summed E-state index contributed by atoms with van der Waals surface area (Å²) in [5.74, 6) is 0.740. The van der Waals surface area contributed by atoms with Gasteiger partial charge in [-0.2, -0.15) is 0 Å². The lowest BCUT2D eigenvalue weighted by Crippen LogP contribution is -2.00. The molecule has 1 N–H and O–H groups in total. The van der Waals surface area contributed by atoms with Gasteiger partial charge in [-0.15, -0.1) is 0 Å². The molecule has 0 amide bonds. The van der Waals surface area contributed by atoms with Crippen molar-refractivity contribution in [3.05, 3.63) is 29.8 Å². The summed E-state index contributed by atoms with van der Waals surface area (Å²) in [6, 6.07) is 7.16. The highest BCUT2D eigenvalue weighted by molar-refractivity contribution is 7.53. The molecule has 0 radical (unpaired) electrons. The lowest BCUT2D eigenvalue weighted by Gasteiger charge is -2.15. The van der Waals surface area contributed by atoms with E-state index in [1.54, 1.807) is 38.3 Å². The number of benzene rings is 1. The third kappa shape index (κ3) is 4.48. The summed E-state index contributed by atoms with van der Waals surface area (Å²) in [4.78, 5) is 0. The predicted octanol–water partition coefficient (Wildman–Crippen LogP) is 2.39. The molecular weight excluding hydrogens is 243 g/mol. The van der Waals surface area contributed by atoms with Crippen LogP contribution in [0.1, 0.15) is 12.5 Å². The van der Waals surface area contributed by atoms with Crippen LogP contribution in [0.5, 0.6) is 5.75 Å². The zero-order valence-electron chi connectivity index (χ0n) is 9.96. The van der Waals surface area contributed by atoms with Crippen LogP contribution in [0.25, 0.3) is 0 Å². The Morgan fingerprint density at radius 3 is 2.35 bits per heavy atom. The Balaban J connectivity index is 2.56. The monoisotopic (exact) mass is 260 g/mol. The molecule has 1 aromatic carbocycles. The fourth-order valence-electron chi connectivity index (χ4n) is 1.21. The maximum Gasteiger partial charge on any atom is 0.356 e. The molecule has 0 aliphatic rings. The van der Waals surface area contributed by atoms with Gasteiger partial charge in [-0.1, -0.05) is 12.1 Å². The first-order valence-corrected chi connectivity index (χ1v) is 6.98. The van der Waals surface area contributed by atoms with Gasteiger partial charge in [0.25, 0.3) is 0 Å². The average Bonchev–Trinajstić information content (AvgIpc) is 2.37. The van der Waals surface area contributed by atoms with Gasteiger partial charge in [-0.25, -0.2) is 0 Å². The third-order valence-corrected chi connectivity index (χ3v) is 3.61. The lowest BCUT2D eigenvalue weighted by molar-refractivity contribution is 0.179. The minimum absolute atomic E-state index is 0.127. The molecule has 0 aliphatic carbocycles. The maximum absolute atomic E-state index is 11.8. The van der Waals surface area contributed by atoms with Crippen molar-refractivity contribution >= 4 is 7.60 Å². The Morgan fingerprint density at radius 1 is 1.24 bits per heavy atom. The van der Waals surface area contributed by atoms with E-state index in [0.29, 0.717) is 0 Å². The molecule has 0 saturated heterocycles. The van der Waals surface area contributed by atoms with E-state index in [9.17, 15) is 4.57 Å². The Kier molecular flexibility index (Phi) is 5.65. The fourth-order valence-corrected chi connectivity index (χ4v) is 2.19. The molecular formula is C11H17O5P. The Morgan fingerprint density at radius 2 is 1.88 bits per heavy atom. The van der Waals surface area contributed by atoms with Gasteiger partial charge in [0.05, 0.1) is 20.3 Å². The summed E-state index contributed by atoms with van der Waals surface area (Å²) >= 11 is 0. The molecule has 0 aliphatic heterocycles. The van der Waals surface area contributed by atoms with Gasteiger partial charge >= 0.3 is 7.60 Å². The van der Waals surface area contributed by atoms with Gasteiger partial charge in [0, 0.05) is 0 Å². The Labute approximate surface area is 101 Å². The first kappa shape index (κ1) is 14.2. The first-order valence-electron chi connectivity index (χ1n) is 5.25. The molecule has 0 spiro atoms. The fraction of sp³-hybridized carbons (Fsp3) is 0.455. The van der Waals surface area contributed by atoms with Crippen LogP contribution in [0.2, 0.25) is 0 Å². The zero-order chi connectivity index (χ0) is 12.7. The Hall–Kier alpha value is -0.870. The van der Waals surface area contributed by atoms with E-state index in [2.05, 4.69) is 0 Å². The minimum atomic E-state index is -3.36. The van der Waals surface area contributed by atoms with Crippen LogP contribution in [0.3, 0.4) is 0 Å². The predicted molar refractivity (Wildman–Crippen MR) is 64.1 cm³/mol. The second-order valence-electron chi connectivity index (χ2n) is 3.29. The number of rotatable bonds is 7. The molecule has 96 valence electrons. The van der Waals surface area contributed by atoms with Crippen molar-refractivity contribution in [3.8, 4) is 5.75 Å². The van der Waals surface area contributed by atoms with Crippen LogP contribution in [0, 0.1) is 0 Å². The summed E-state index contributed by atoms with van der Waals surface area (Å²) in [7, 11) is -1.78. The highest BCUT2D eigenvalue weighted by Crippen LogP contribution is 2.47. The van der Waals surface area contributed by atoms with Gasteiger partial charge < -0.3 is 18.9 Å². The van der Waals surface area contributed by atoms with E-state index in [4.69, 9.17) is 18.9 Å². The van der Waals surface area contributed by atoms with Crippen molar-refractivity contribution in [2.75, 3.05) is 20.1 Å². The van der Waals surface area contributed by atoms with E-state index in [1.807, 2.05) is 0 Å². The van der Waals surface area contributed by atoms with E-state index in [-0.39, 0.29) is 13.2 Å². The highest BCUT2D eigenvalue weighted by atomic mass is 31.2. The minimum Gasteiger partial charge on any atom is -0.497 e. The molecule has 1 rings (SSSR count). The van der Waals surface area contributed by atoms with Gasteiger partial charge in [0.1, 0.15) is 12.1 Å². The zero-order valence-corrected chi connectivity index (χ0v) is 10.9. The number of aliphatic hydroxyl groups excluding tert-OH is 1. The van der Waals surface area contributed by atoms with Gasteiger partial charge in [0.2, 0.25) is 0 Å². The Bertz CT molecular complexity index is 376. The second kappa shape index (κ2) is 6.77. The number of aliphatic hydroxyl groups is 1. The number of hydrogen-bond donors (Lipinski definition) is 1. The normalized spacial score (nSPS) is 14.3. The van der Waals surface area contributed by atoms with E-state index >= 15 is 0 Å². The topological polar surface area (TPSA) is 65.0 Å². The van der Waals surface area contributed by atoms with Crippen LogP contribution in [0.4, 0.5) is 0 Å². The van der Waals surface area contributed by atoms with Crippen LogP contribution in [-0.2, 0) is 20.2 Å². The average molecular weight is 260 g/mol. The van der Waals surface area contributed by atoms with E-state index in [0.717, 1.165) is 11.3 Å². The molecule has 0 fully saturated rings. The van der Waals surface area contributed by atoms with Crippen molar-refractivity contribution in [2.24, 2.45) is 0 Å². The molecule has 1 atom stereocenters. The molecule has 1 aromatic rings. The van der Waals surface area contributed by atoms with Gasteiger partial charge in [-0.3, -0.25) is 4.57 Å². The van der Waals surface area contributed by atoms with Gasteiger partial charge in [-0.05, 0) is 24.6 Å². The maximum atomic E-state index is 11.8. The van der Waals surface area contributed by atoms with Crippen molar-refractivity contribution in [3.63, 3.8) is 0 Å². The van der Waals surface area contributed by atoms with Gasteiger partial charge in [0.15, 0.2) is 0 Å². The molecule has 1 unspecified atom stereocenters. The molecule has 5 nitrogen and oxygen atoms in total. The van der Waals surface area contributed by atoms with Crippen molar-refractivity contribution in [2.45, 2.75) is 13.5 Å². The lowest BCUT2D eigenvalue weighted by atomic mass is 10.2. The van der Waals surface area contributed by atoms with Crippen molar-refractivity contribution in [1.29, 1.82) is 0 Å². The van der Waals surface area contributed by atoms with E-state index in [1.165, 1.54) is 0 Å². The van der Waals surface area contributed by atoms with Crippen LogP contribution in [0.15, 0.2) is 24.3 Å². The third-order valence-electron chi connectivity index (χ3n) is 2.09. The summed E-state index contributed by atoms with van der Waals surface area (Å²) in [6.07, 6.45) is -0.614. The molecule has 6 heteroatoms. The van der Waals surface area contributed by atoms with Crippen LogP contribution in [-0.4, -0.2) is 25.2 Å². The highest BCUT2D eigenvalue weighted by Gasteiger charge is 2.22. The number of ether oxygens (including phenoxy) is 1. The van der Waals surface area contributed by atoms with Crippen LogP contribution >= 0.6 is 7.60 Å². The van der Waals surface area contributed by atoms with E-state index < -0.39 is 13.9 Å². The molecule has 0 aromatic heterocycles. The SMILES string of the molecule is CCOP(=O)(CO)OCc1ccc(OC)cc1. The summed E-state index contributed by atoms with van der Waals surface area (Å²) < 4.78 is 26.8. The summed E-state index contributed by atoms with van der Waals surface area (Å²) in [6.45, 7) is 2.06. The standard InChI is InChI=1S/C11H17O5P/c1-3-15-17(13,9-12)16-8-10-4-6-11(14-2)7-5-10/h4-7,12H,3,8-9H2,1-2H3. The first-order chi connectivity index (χ1) is 8.13. The smallest absolute Gasteiger partial charge is 0.356 e. The van der Waals surface area contributed by atoms with Crippen LogP contribution < -0.4 is 4.74 Å². The molecule has 0 bridgehead atoms.